The number of ether oxygens (including phenoxy) is 1. The topological polar surface area (TPSA) is 83.6 Å². The second kappa shape index (κ2) is 9.05. The molecule has 0 spiro atoms. The number of pyridine rings is 1. The summed E-state index contributed by atoms with van der Waals surface area (Å²) >= 11 is 0. The fraction of sp³-hybridized carbons (Fsp3) is 0.409. The molecule has 29 heavy (non-hydrogen) atoms. The first-order chi connectivity index (χ1) is 14.2. The minimum absolute atomic E-state index is 0.000554. The van der Waals surface area contributed by atoms with Gasteiger partial charge in [0.15, 0.2) is 0 Å². The highest BCUT2D eigenvalue weighted by Crippen LogP contribution is 2.27. The number of nitrogens with zero attached hydrogens (tertiary/aromatic N) is 2. The van der Waals surface area contributed by atoms with Gasteiger partial charge in [-0.25, -0.2) is 4.98 Å². The molecule has 1 fully saturated rings. The van der Waals surface area contributed by atoms with Crippen LogP contribution in [0.4, 0.5) is 11.5 Å². The summed E-state index contributed by atoms with van der Waals surface area (Å²) in [4.78, 5) is 31.2. The van der Waals surface area contributed by atoms with Crippen molar-refractivity contribution in [2.75, 3.05) is 36.5 Å². The molecule has 2 aromatic rings. The molecule has 0 aliphatic carbocycles. The van der Waals surface area contributed by atoms with Crippen LogP contribution in [0.25, 0.3) is 0 Å². The Bertz CT molecular complexity index is 863. The Balaban J connectivity index is 1.22. The van der Waals surface area contributed by atoms with Gasteiger partial charge in [0.1, 0.15) is 5.82 Å². The zero-order valence-electron chi connectivity index (χ0n) is 16.4. The Morgan fingerprint density at radius 1 is 1.21 bits per heavy atom. The summed E-state index contributed by atoms with van der Waals surface area (Å²) in [5, 5.41) is 5.86. The molecule has 7 nitrogen and oxygen atoms in total. The number of nitrogens with one attached hydrogen (secondary N) is 2. The average molecular weight is 394 g/mol. The van der Waals surface area contributed by atoms with Gasteiger partial charge in [0.2, 0.25) is 11.8 Å². The highest BCUT2D eigenvalue weighted by Gasteiger charge is 2.26. The summed E-state index contributed by atoms with van der Waals surface area (Å²) in [6, 6.07) is 11.8. The van der Waals surface area contributed by atoms with Crippen LogP contribution in [-0.4, -0.2) is 43.1 Å². The molecule has 0 saturated carbocycles. The van der Waals surface area contributed by atoms with Gasteiger partial charge < -0.3 is 20.3 Å². The van der Waals surface area contributed by atoms with E-state index in [0.29, 0.717) is 25.8 Å². The summed E-state index contributed by atoms with van der Waals surface area (Å²) in [6.45, 7) is 3.59. The van der Waals surface area contributed by atoms with Crippen LogP contribution >= 0.6 is 0 Å². The second-order valence-corrected chi connectivity index (χ2v) is 7.49. The first kappa shape index (κ1) is 19.4. The van der Waals surface area contributed by atoms with Crippen molar-refractivity contribution in [3.8, 4) is 0 Å². The van der Waals surface area contributed by atoms with Gasteiger partial charge in [-0.05, 0) is 36.1 Å². The predicted octanol–water partition coefficient (Wildman–Crippen LogP) is 2.13. The van der Waals surface area contributed by atoms with Gasteiger partial charge in [-0.1, -0.05) is 24.3 Å². The minimum atomic E-state index is -0.162. The number of amides is 2. The van der Waals surface area contributed by atoms with Crippen molar-refractivity contribution in [1.29, 1.82) is 0 Å². The molecule has 2 aliphatic rings. The van der Waals surface area contributed by atoms with Crippen molar-refractivity contribution in [1.82, 2.24) is 10.3 Å². The Morgan fingerprint density at radius 2 is 2.03 bits per heavy atom. The van der Waals surface area contributed by atoms with Crippen LogP contribution in [0.2, 0.25) is 0 Å². The fourth-order valence-electron chi connectivity index (χ4n) is 3.74. The summed E-state index contributed by atoms with van der Waals surface area (Å²) in [7, 11) is 0. The van der Waals surface area contributed by atoms with Gasteiger partial charge in [0.05, 0.1) is 13.2 Å². The van der Waals surface area contributed by atoms with E-state index in [1.54, 1.807) is 6.20 Å². The molecule has 7 heteroatoms. The predicted molar refractivity (Wildman–Crippen MR) is 111 cm³/mol. The van der Waals surface area contributed by atoms with Gasteiger partial charge in [-0.2, -0.15) is 0 Å². The molecular formula is C22H26N4O3. The third kappa shape index (κ3) is 4.92. The molecule has 2 N–H and O–H groups in total. The Hall–Kier alpha value is -2.93. The van der Waals surface area contributed by atoms with Crippen molar-refractivity contribution < 1.29 is 14.3 Å². The molecule has 0 bridgehead atoms. The Labute approximate surface area is 170 Å². The zero-order chi connectivity index (χ0) is 20.1. The molecule has 1 saturated heterocycles. The molecular weight excluding hydrogens is 368 g/mol. The largest absolute Gasteiger partial charge is 0.378 e. The molecule has 0 radical (unpaired) electrons. The van der Waals surface area contributed by atoms with E-state index in [1.807, 2.05) is 36.4 Å². The van der Waals surface area contributed by atoms with Crippen LogP contribution in [-0.2, 0) is 27.3 Å². The molecule has 2 aliphatic heterocycles. The normalized spacial score (nSPS) is 18.7. The smallest absolute Gasteiger partial charge is 0.227 e. The molecule has 4 rings (SSSR count). The number of anilines is 2. The van der Waals surface area contributed by atoms with E-state index in [1.165, 1.54) is 0 Å². The van der Waals surface area contributed by atoms with Gasteiger partial charge in [-0.3, -0.25) is 9.59 Å². The van der Waals surface area contributed by atoms with Crippen LogP contribution in [0, 0.1) is 5.92 Å². The molecule has 152 valence electrons. The molecule has 1 atom stereocenters. The maximum absolute atomic E-state index is 12.2. The number of hydrogen-bond acceptors (Lipinski definition) is 5. The fourth-order valence-corrected chi connectivity index (χ4v) is 3.74. The lowest BCUT2D eigenvalue weighted by Crippen LogP contribution is -2.36. The summed E-state index contributed by atoms with van der Waals surface area (Å²) in [5.74, 6) is 0.727. The maximum Gasteiger partial charge on any atom is 0.227 e. The highest BCUT2D eigenvalue weighted by molar-refractivity contribution is 5.96. The quantitative estimate of drug-likeness (QED) is 0.784. The number of hydrogen-bond donors (Lipinski definition) is 2. The van der Waals surface area contributed by atoms with Crippen molar-refractivity contribution in [3.63, 3.8) is 0 Å². The first-order valence-electron chi connectivity index (χ1n) is 10.1. The van der Waals surface area contributed by atoms with Crippen molar-refractivity contribution >= 4 is 23.3 Å². The van der Waals surface area contributed by atoms with Crippen molar-refractivity contribution in [2.45, 2.75) is 25.8 Å². The van der Waals surface area contributed by atoms with E-state index >= 15 is 0 Å². The number of carbonyl (C=O) groups excluding carboxylic acids is 2. The first-order valence-corrected chi connectivity index (χ1v) is 10.1. The molecule has 3 heterocycles. The maximum atomic E-state index is 12.2. The number of para-hydroxylation sites is 1. The number of benzene rings is 1. The Morgan fingerprint density at radius 3 is 2.83 bits per heavy atom. The van der Waals surface area contributed by atoms with Crippen molar-refractivity contribution in [2.24, 2.45) is 5.92 Å². The number of fused-ring (bicyclic) bond motifs is 1. The number of aromatic nitrogens is 1. The minimum Gasteiger partial charge on any atom is -0.378 e. The van der Waals surface area contributed by atoms with E-state index in [4.69, 9.17) is 4.74 Å². The number of carbonyl (C=O) groups is 2. The third-order valence-corrected chi connectivity index (χ3v) is 5.47. The van der Waals surface area contributed by atoms with Crippen LogP contribution in [0.1, 0.15) is 24.0 Å². The Kier molecular flexibility index (Phi) is 6.05. The number of rotatable bonds is 6. The van der Waals surface area contributed by atoms with Gasteiger partial charge in [0, 0.05) is 43.9 Å². The standard InChI is InChI=1S/C22H26N4O3/c27-21(8-6-18-13-17-3-1-2-4-19(17)25-22(18)28)24-15-16-5-7-20(23-14-16)26-9-11-29-12-10-26/h1-5,7,14,18H,6,8-13,15H2,(H,24,27)(H,25,28). The molecule has 1 unspecified atom stereocenters. The lowest BCUT2D eigenvalue weighted by Gasteiger charge is -2.27. The van der Waals surface area contributed by atoms with Crippen LogP contribution in [0.5, 0.6) is 0 Å². The molecule has 1 aromatic heterocycles. The zero-order valence-corrected chi connectivity index (χ0v) is 16.4. The van der Waals surface area contributed by atoms with E-state index < -0.39 is 0 Å². The number of morpholine rings is 1. The van der Waals surface area contributed by atoms with Gasteiger partial charge >= 0.3 is 0 Å². The lowest BCUT2D eigenvalue weighted by molar-refractivity contribution is -0.122. The molecule has 2 amide bonds. The van der Waals surface area contributed by atoms with E-state index in [-0.39, 0.29) is 17.7 Å². The monoisotopic (exact) mass is 394 g/mol. The van der Waals surface area contributed by atoms with Crippen LogP contribution in [0.3, 0.4) is 0 Å². The lowest BCUT2D eigenvalue weighted by atomic mass is 9.89. The second-order valence-electron chi connectivity index (χ2n) is 7.49. The summed E-state index contributed by atoms with van der Waals surface area (Å²) < 4.78 is 5.36. The highest BCUT2D eigenvalue weighted by atomic mass is 16.5. The SMILES string of the molecule is O=C(CCC1Cc2ccccc2NC1=O)NCc1ccc(N2CCOCC2)nc1. The molecule has 1 aromatic carbocycles. The van der Waals surface area contributed by atoms with Gasteiger partial charge in [-0.15, -0.1) is 0 Å². The third-order valence-electron chi connectivity index (χ3n) is 5.47. The average Bonchev–Trinajstić information content (AvgIpc) is 2.77. The van der Waals surface area contributed by atoms with Gasteiger partial charge in [0.25, 0.3) is 0 Å². The van der Waals surface area contributed by atoms with E-state index in [2.05, 4.69) is 20.5 Å². The van der Waals surface area contributed by atoms with Crippen LogP contribution < -0.4 is 15.5 Å². The van der Waals surface area contributed by atoms with E-state index in [9.17, 15) is 9.59 Å². The summed E-state index contributed by atoms with van der Waals surface area (Å²) in [6.07, 6.45) is 3.36. The van der Waals surface area contributed by atoms with Crippen molar-refractivity contribution in [3.05, 3.63) is 53.7 Å². The van der Waals surface area contributed by atoms with Crippen LogP contribution in [0.15, 0.2) is 42.6 Å². The van der Waals surface area contributed by atoms with E-state index in [0.717, 1.165) is 48.9 Å². The summed E-state index contributed by atoms with van der Waals surface area (Å²) in [5.41, 5.74) is 2.97.